The van der Waals surface area contributed by atoms with Gasteiger partial charge in [-0.25, -0.2) is 18.2 Å². The number of carbonyl (C=O) groups excluding carboxylic acids is 1. The zero-order valence-electron chi connectivity index (χ0n) is 18.1. The van der Waals surface area contributed by atoms with Gasteiger partial charge in [0, 0.05) is 18.1 Å². The number of hydrogen-bond donors (Lipinski definition) is 2. The van der Waals surface area contributed by atoms with Gasteiger partial charge in [-0.1, -0.05) is 11.6 Å². The highest BCUT2D eigenvalue weighted by Crippen LogP contribution is 2.31. The summed E-state index contributed by atoms with van der Waals surface area (Å²) >= 11 is 5.93. The van der Waals surface area contributed by atoms with Crippen molar-refractivity contribution in [3.8, 4) is 5.75 Å². The molecule has 2 aromatic rings. The zero-order valence-corrected chi connectivity index (χ0v) is 19.6. The van der Waals surface area contributed by atoms with Crippen LogP contribution in [0.1, 0.15) is 30.1 Å². The number of hydrogen-bond acceptors (Lipinski definition) is 8. The zero-order chi connectivity index (χ0) is 24.2. The number of halogens is 1. The Balaban J connectivity index is 1.90. The van der Waals surface area contributed by atoms with E-state index in [1.54, 1.807) is 11.8 Å². The number of piperidine rings is 1. The molecule has 0 saturated carbocycles. The number of nitrogens with one attached hydrogen (secondary N) is 1. The van der Waals surface area contributed by atoms with E-state index in [0.29, 0.717) is 19.4 Å². The summed E-state index contributed by atoms with van der Waals surface area (Å²) in [5.41, 5.74) is -0.241. The lowest BCUT2D eigenvalue weighted by Crippen LogP contribution is -2.40. The number of nitrogens with zero attached hydrogens (tertiary/aromatic N) is 2. The van der Waals surface area contributed by atoms with Crippen LogP contribution in [0.25, 0.3) is 0 Å². The van der Waals surface area contributed by atoms with E-state index in [1.165, 1.54) is 37.6 Å². The quantitative estimate of drug-likeness (QED) is 0.527. The number of esters is 1. The lowest BCUT2D eigenvalue weighted by Gasteiger charge is -2.33. The second-order valence-electron chi connectivity index (χ2n) is 7.34. The standard InChI is InChI=1S/C21H24ClN3O7S/c1-3-32-21(28)13-5-4-8-25(12-13)19-16(20(26)27)10-15(11-23-19)24-33(29,30)18-9-14(22)6-7-17(18)31-2/h6-7,9-11,13,24H,3-5,8,12H2,1-2H3,(H,26,27)/t13-/m0/s1. The third kappa shape index (κ3) is 5.66. The molecular weight excluding hydrogens is 474 g/mol. The van der Waals surface area contributed by atoms with Crippen molar-refractivity contribution in [3.63, 3.8) is 0 Å². The van der Waals surface area contributed by atoms with Crippen LogP contribution in [-0.4, -0.2) is 57.3 Å². The van der Waals surface area contributed by atoms with E-state index in [2.05, 4.69) is 9.71 Å². The summed E-state index contributed by atoms with van der Waals surface area (Å²) in [6, 6.07) is 5.32. The Morgan fingerprint density at radius 1 is 1.33 bits per heavy atom. The maximum Gasteiger partial charge on any atom is 0.339 e. The van der Waals surface area contributed by atoms with E-state index in [9.17, 15) is 23.1 Å². The first-order valence-corrected chi connectivity index (χ1v) is 12.0. The number of anilines is 2. The monoisotopic (exact) mass is 497 g/mol. The van der Waals surface area contributed by atoms with Gasteiger partial charge >= 0.3 is 11.9 Å². The SMILES string of the molecule is CCOC(=O)[C@H]1CCCN(c2ncc(NS(=O)(=O)c3cc(Cl)ccc3OC)cc2C(=O)O)C1. The fourth-order valence-electron chi connectivity index (χ4n) is 3.62. The van der Waals surface area contributed by atoms with Crippen molar-refractivity contribution < 1.29 is 32.6 Å². The van der Waals surface area contributed by atoms with Crippen molar-refractivity contribution in [2.24, 2.45) is 5.92 Å². The van der Waals surface area contributed by atoms with Crippen LogP contribution in [0, 0.1) is 5.92 Å². The van der Waals surface area contributed by atoms with E-state index >= 15 is 0 Å². The summed E-state index contributed by atoms with van der Waals surface area (Å²) in [5.74, 6) is -1.78. The van der Waals surface area contributed by atoms with E-state index in [-0.39, 0.29) is 51.9 Å². The predicted octanol–water partition coefficient (Wildman–Crippen LogP) is 3.02. The summed E-state index contributed by atoms with van der Waals surface area (Å²) in [4.78, 5) is 29.8. The van der Waals surface area contributed by atoms with Gasteiger partial charge in [0.05, 0.1) is 31.5 Å². The Kier molecular flexibility index (Phi) is 7.65. The number of sulfonamides is 1. The Morgan fingerprint density at radius 2 is 2.09 bits per heavy atom. The van der Waals surface area contributed by atoms with Gasteiger partial charge in [-0.05, 0) is 44.0 Å². The lowest BCUT2D eigenvalue weighted by molar-refractivity contribution is -0.148. The normalized spacial score (nSPS) is 16.2. The Bertz CT molecular complexity index is 1160. The smallest absolute Gasteiger partial charge is 0.339 e. The summed E-state index contributed by atoms with van der Waals surface area (Å²) in [5, 5.41) is 9.93. The molecule has 33 heavy (non-hydrogen) atoms. The largest absolute Gasteiger partial charge is 0.495 e. The number of carbonyl (C=O) groups is 2. The van der Waals surface area contributed by atoms with E-state index < -0.39 is 21.9 Å². The maximum atomic E-state index is 12.9. The lowest BCUT2D eigenvalue weighted by atomic mass is 9.98. The molecule has 1 aromatic heterocycles. The third-order valence-corrected chi connectivity index (χ3v) is 6.74. The van der Waals surface area contributed by atoms with Crippen molar-refractivity contribution in [1.82, 2.24) is 4.98 Å². The van der Waals surface area contributed by atoms with Crippen LogP contribution in [0.15, 0.2) is 35.4 Å². The topological polar surface area (TPSA) is 135 Å². The third-order valence-electron chi connectivity index (χ3n) is 5.11. The Labute approximate surface area is 196 Å². The molecule has 0 radical (unpaired) electrons. The highest BCUT2D eigenvalue weighted by molar-refractivity contribution is 7.92. The first-order valence-electron chi connectivity index (χ1n) is 10.2. The van der Waals surface area contributed by atoms with Crippen LogP contribution in [0.3, 0.4) is 0 Å². The van der Waals surface area contributed by atoms with Crippen LogP contribution in [0.4, 0.5) is 11.5 Å². The van der Waals surface area contributed by atoms with E-state index in [4.69, 9.17) is 21.1 Å². The highest BCUT2D eigenvalue weighted by Gasteiger charge is 2.30. The van der Waals surface area contributed by atoms with Crippen LogP contribution in [0.2, 0.25) is 5.02 Å². The van der Waals surface area contributed by atoms with Gasteiger partial charge in [0.15, 0.2) is 0 Å². The van der Waals surface area contributed by atoms with Crippen LogP contribution in [0.5, 0.6) is 5.75 Å². The molecule has 1 aromatic carbocycles. The van der Waals surface area contributed by atoms with Gasteiger partial charge in [-0.15, -0.1) is 0 Å². The first-order chi connectivity index (χ1) is 15.7. The molecule has 0 unspecified atom stereocenters. The van der Waals surface area contributed by atoms with Crippen LogP contribution in [-0.2, 0) is 19.6 Å². The first kappa shape index (κ1) is 24.6. The van der Waals surface area contributed by atoms with Gasteiger partial charge in [0.25, 0.3) is 10.0 Å². The summed E-state index contributed by atoms with van der Waals surface area (Å²) in [6.07, 6.45) is 2.52. The number of aromatic nitrogens is 1. The number of pyridine rings is 1. The van der Waals surface area contributed by atoms with Gasteiger partial charge in [-0.2, -0.15) is 0 Å². The number of aromatic carboxylic acids is 1. The van der Waals surface area contributed by atoms with Crippen LogP contribution >= 0.6 is 11.6 Å². The van der Waals surface area contributed by atoms with Crippen molar-refractivity contribution in [2.45, 2.75) is 24.7 Å². The Hall–Kier alpha value is -3.05. The van der Waals surface area contributed by atoms with Crippen molar-refractivity contribution in [1.29, 1.82) is 0 Å². The number of methoxy groups -OCH3 is 1. The van der Waals surface area contributed by atoms with Gasteiger partial charge in [0.1, 0.15) is 22.0 Å². The molecule has 1 aliphatic rings. The van der Waals surface area contributed by atoms with Crippen molar-refractivity contribution in [2.75, 3.05) is 36.4 Å². The molecule has 0 amide bonds. The fraction of sp³-hybridized carbons (Fsp3) is 0.381. The highest BCUT2D eigenvalue weighted by atomic mass is 35.5. The van der Waals surface area contributed by atoms with Gasteiger partial charge < -0.3 is 19.5 Å². The average Bonchev–Trinajstić information content (AvgIpc) is 2.79. The van der Waals surface area contributed by atoms with E-state index in [1.807, 2.05) is 0 Å². The number of benzene rings is 1. The second-order valence-corrected chi connectivity index (χ2v) is 9.43. The van der Waals surface area contributed by atoms with Gasteiger partial charge in [0.2, 0.25) is 0 Å². The minimum Gasteiger partial charge on any atom is -0.495 e. The molecule has 12 heteroatoms. The number of ether oxygens (including phenoxy) is 2. The van der Waals surface area contributed by atoms with E-state index in [0.717, 1.165) is 0 Å². The van der Waals surface area contributed by atoms with Crippen molar-refractivity contribution >= 4 is 45.1 Å². The molecule has 1 atom stereocenters. The summed E-state index contributed by atoms with van der Waals surface area (Å²) in [7, 11) is -2.83. The molecule has 10 nitrogen and oxygen atoms in total. The molecule has 3 rings (SSSR count). The Morgan fingerprint density at radius 3 is 2.76 bits per heavy atom. The molecule has 1 aliphatic heterocycles. The molecule has 1 saturated heterocycles. The van der Waals surface area contributed by atoms with Gasteiger partial charge in [-0.3, -0.25) is 9.52 Å². The average molecular weight is 498 g/mol. The second kappa shape index (κ2) is 10.3. The molecule has 178 valence electrons. The van der Waals surface area contributed by atoms with Crippen molar-refractivity contribution in [3.05, 3.63) is 41.0 Å². The predicted molar refractivity (Wildman–Crippen MR) is 122 cm³/mol. The molecule has 0 aliphatic carbocycles. The molecule has 1 fully saturated rings. The number of carboxylic acid groups (broad SMARTS) is 1. The molecule has 0 bridgehead atoms. The summed E-state index contributed by atoms with van der Waals surface area (Å²) < 4.78 is 38.3. The van der Waals surface area contributed by atoms with Crippen LogP contribution < -0.4 is 14.4 Å². The minimum atomic E-state index is -4.15. The maximum absolute atomic E-state index is 12.9. The minimum absolute atomic E-state index is 0.0443. The summed E-state index contributed by atoms with van der Waals surface area (Å²) in [6.45, 7) is 2.76. The molecule has 2 heterocycles. The molecule has 0 spiro atoms. The number of carboxylic acids is 1. The fourth-order valence-corrected chi connectivity index (χ4v) is 5.08. The number of rotatable bonds is 8. The molecular formula is C21H24ClN3O7S. The molecule has 2 N–H and O–H groups in total.